The van der Waals surface area contributed by atoms with Gasteiger partial charge in [0.2, 0.25) is 5.91 Å². The summed E-state index contributed by atoms with van der Waals surface area (Å²) in [5.41, 5.74) is 6.65. The van der Waals surface area contributed by atoms with Gasteiger partial charge in [-0.15, -0.1) is 0 Å². The highest BCUT2D eigenvalue weighted by molar-refractivity contribution is 5.97. The number of carbonyl (C=O) groups is 2. The predicted octanol–water partition coefficient (Wildman–Crippen LogP) is 2.28. The van der Waals surface area contributed by atoms with Crippen LogP contribution in [0.15, 0.2) is 72.9 Å². The van der Waals surface area contributed by atoms with E-state index < -0.39 is 11.9 Å². The number of rotatable bonds is 8. The van der Waals surface area contributed by atoms with E-state index >= 15 is 0 Å². The van der Waals surface area contributed by atoms with Crippen LogP contribution in [0.2, 0.25) is 0 Å². The number of hydrogen-bond acceptors (Lipinski definition) is 2. The van der Waals surface area contributed by atoms with E-state index in [0.717, 1.165) is 0 Å². The number of carboxylic acids is 1. The molecule has 1 amide bonds. The molecule has 0 aliphatic heterocycles. The van der Waals surface area contributed by atoms with Crippen molar-refractivity contribution in [1.82, 2.24) is 0 Å². The van der Waals surface area contributed by atoms with Gasteiger partial charge >= 0.3 is 5.97 Å². The molecule has 4 heteroatoms. The SMILES string of the molecule is C=C(CC(=O)O)C(=C)C(=C)C(=C)C(=C)C(=C)C(N)=O. The summed E-state index contributed by atoms with van der Waals surface area (Å²) in [6, 6.07) is 0. The topological polar surface area (TPSA) is 80.4 Å². The molecule has 4 nitrogen and oxygen atoms in total. The molecule has 3 N–H and O–H groups in total. The number of amides is 1. The Morgan fingerprint density at radius 3 is 1.53 bits per heavy atom. The molecule has 0 aliphatic carbocycles. The molecule has 0 aromatic carbocycles. The number of carbonyl (C=O) groups excluding carboxylic acids is 1. The summed E-state index contributed by atoms with van der Waals surface area (Å²) >= 11 is 0. The Kier molecular flexibility index (Phi) is 5.47. The van der Waals surface area contributed by atoms with Crippen LogP contribution in [0.4, 0.5) is 0 Å². The van der Waals surface area contributed by atoms with Gasteiger partial charge in [-0.25, -0.2) is 0 Å². The summed E-state index contributed by atoms with van der Waals surface area (Å²) in [6.45, 7) is 21.9. The van der Waals surface area contributed by atoms with E-state index in [9.17, 15) is 9.59 Å². The normalized spacial score (nSPS) is 9.26. The highest BCUT2D eigenvalue weighted by atomic mass is 16.4. The summed E-state index contributed by atoms with van der Waals surface area (Å²) in [6.07, 6.45) is -0.256. The van der Waals surface area contributed by atoms with Gasteiger partial charge in [-0.05, 0) is 27.9 Å². The van der Waals surface area contributed by atoms with Crippen LogP contribution in [-0.2, 0) is 9.59 Å². The van der Waals surface area contributed by atoms with Crippen molar-refractivity contribution in [2.24, 2.45) is 5.73 Å². The zero-order valence-electron chi connectivity index (χ0n) is 10.8. The Labute approximate surface area is 112 Å². The van der Waals surface area contributed by atoms with Crippen LogP contribution in [0.1, 0.15) is 6.42 Å². The summed E-state index contributed by atoms with van der Waals surface area (Å²) < 4.78 is 0. The standard InChI is InChI=1S/C15H17NO3/c1-8(7-14(17)18)9(2)10(3)11(4)12(5)13(6)15(16)19/h1-7H2,(H2,16,19)(H,17,18). The largest absolute Gasteiger partial charge is 0.481 e. The molecule has 0 atom stereocenters. The highest BCUT2D eigenvalue weighted by Crippen LogP contribution is 2.28. The van der Waals surface area contributed by atoms with Crippen LogP contribution in [0, 0.1) is 0 Å². The number of carboxylic acid groups (broad SMARTS) is 1. The quantitative estimate of drug-likeness (QED) is 0.518. The number of allylic oxidation sites excluding steroid dienone is 3. The van der Waals surface area contributed by atoms with Crippen molar-refractivity contribution in [3.63, 3.8) is 0 Å². The van der Waals surface area contributed by atoms with Crippen LogP contribution in [0.25, 0.3) is 0 Å². The number of primary amides is 1. The Morgan fingerprint density at radius 2 is 1.16 bits per heavy atom. The Bertz CT molecular complexity index is 536. The Hall–Kier alpha value is -2.62. The smallest absolute Gasteiger partial charge is 0.307 e. The lowest BCUT2D eigenvalue weighted by Gasteiger charge is -2.15. The highest BCUT2D eigenvalue weighted by Gasteiger charge is 2.16. The monoisotopic (exact) mass is 259 g/mol. The molecular weight excluding hydrogens is 242 g/mol. The minimum atomic E-state index is -1.02. The van der Waals surface area contributed by atoms with Crippen LogP contribution in [-0.4, -0.2) is 17.0 Å². The van der Waals surface area contributed by atoms with Crippen LogP contribution in [0.3, 0.4) is 0 Å². The fraction of sp³-hybridized carbons (Fsp3) is 0.0667. The van der Waals surface area contributed by atoms with Crippen molar-refractivity contribution >= 4 is 11.9 Å². The summed E-state index contributed by atoms with van der Waals surface area (Å²) in [5, 5.41) is 8.68. The number of nitrogens with two attached hydrogens (primary N) is 1. The first kappa shape index (κ1) is 16.4. The predicted molar refractivity (Wildman–Crippen MR) is 76.3 cm³/mol. The lowest BCUT2D eigenvalue weighted by molar-refractivity contribution is -0.136. The summed E-state index contributed by atoms with van der Waals surface area (Å²) in [4.78, 5) is 21.6. The third kappa shape index (κ3) is 4.27. The maximum Gasteiger partial charge on any atom is 0.307 e. The van der Waals surface area contributed by atoms with E-state index in [1.807, 2.05) is 0 Å². The molecule has 19 heavy (non-hydrogen) atoms. The zero-order valence-corrected chi connectivity index (χ0v) is 10.8. The van der Waals surface area contributed by atoms with E-state index in [4.69, 9.17) is 10.8 Å². The second kappa shape index (κ2) is 6.35. The van der Waals surface area contributed by atoms with Gasteiger partial charge in [-0.1, -0.05) is 39.5 Å². The number of hydrogen-bond donors (Lipinski definition) is 2. The average Bonchev–Trinajstić information content (AvgIpc) is 2.33. The van der Waals surface area contributed by atoms with Gasteiger partial charge in [0.25, 0.3) is 0 Å². The average molecular weight is 259 g/mol. The van der Waals surface area contributed by atoms with E-state index in [2.05, 4.69) is 39.5 Å². The van der Waals surface area contributed by atoms with Crippen LogP contribution >= 0.6 is 0 Å². The maximum absolute atomic E-state index is 11.0. The second-order valence-corrected chi connectivity index (χ2v) is 3.93. The van der Waals surface area contributed by atoms with E-state index in [1.165, 1.54) is 0 Å². The lowest BCUT2D eigenvalue weighted by atomic mass is 9.89. The molecule has 0 rings (SSSR count). The van der Waals surface area contributed by atoms with E-state index in [1.54, 1.807) is 0 Å². The number of aliphatic carboxylic acids is 1. The third-order valence-electron chi connectivity index (χ3n) is 2.55. The molecule has 0 aromatic heterocycles. The fourth-order valence-corrected chi connectivity index (χ4v) is 1.20. The van der Waals surface area contributed by atoms with Crippen molar-refractivity contribution in [2.75, 3.05) is 0 Å². The van der Waals surface area contributed by atoms with Gasteiger partial charge in [0.1, 0.15) is 0 Å². The van der Waals surface area contributed by atoms with Crippen molar-refractivity contribution in [3.05, 3.63) is 72.9 Å². The van der Waals surface area contributed by atoms with E-state index in [-0.39, 0.29) is 17.6 Å². The van der Waals surface area contributed by atoms with Crippen molar-refractivity contribution in [3.8, 4) is 0 Å². The zero-order chi connectivity index (χ0) is 15.3. The molecule has 0 unspecified atom stereocenters. The minimum absolute atomic E-state index is 0.0165. The molecule has 0 heterocycles. The summed E-state index contributed by atoms with van der Waals surface area (Å²) in [7, 11) is 0. The molecule has 0 saturated carbocycles. The van der Waals surface area contributed by atoms with Gasteiger partial charge in [0, 0.05) is 5.57 Å². The van der Waals surface area contributed by atoms with Gasteiger partial charge in [-0.2, -0.15) is 0 Å². The third-order valence-corrected chi connectivity index (χ3v) is 2.55. The van der Waals surface area contributed by atoms with Crippen molar-refractivity contribution in [1.29, 1.82) is 0 Å². The Balaban J connectivity index is 4.98. The van der Waals surface area contributed by atoms with Crippen LogP contribution in [0.5, 0.6) is 0 Å². The van der Waals surface area contributed by atoms with Gasteiger partial charge in [-0.3, -0.25) is 9.59 Å². The molecule has 100 valence electrons. The first-order valence-electron chi connectivity index (χ1n) is 5.25. The first-order valence-corrected chi connectivity index (χ1v) is 5.25. The lowest BCUT2D eigenvalue weighted by Crippen LogP contribution is -2.15. The molecule has 0 bridgehead atoms. The van der Waals surface area contributed by atoms with Gasteiger partial charge in [0.15, 0.2) is 0 Å². The van der Waals surface area contributed by atoms with Crippen molar-refractivity contribution in [2.45, 2.75) is 6.42 Å². The second-order valence-electron chi connectivity index (χ2n) is 3.93. The minimum Gasteiger partial charge on any atom is -0.481 e. The molecule has 0 radical (unpaired) electrons. The van der Waals surface area contributed by atoms with Gasteiger partial charge in [0.05, 0.1) is 6.42 Å². The summed E-state index contributed by atoms with van der Waals surface area (Å²) in [5.74, 6) is -1.74. The molecule has 0 aromatic rings. The Morgan fingerprint density at radius 1 is 0.789 bits per heavy atom. The van der Waals surface area contributed by atoms with E-state index in [0.29, 0.717) is 22.3 Å². The molecule has 0 fully saturated rings. The first-order chi connectivity index (χ1) is 8.59. The fourth-order valence-electron chi connectivity index (χ4n) is 1.20. The van der Waals surface area contributed by atoms with Crippen molar-refractivity contribution < 1.29 is 14.7 Å². The molecule has 0 aliphatic rings. The molecule has 0 saturated heterocycles. The maximum atomic E-state index is 11.0. The van der Waals surface area contributed by atoms with Gasteiger partial charge < -0.3 is 10.8 Å². The molecular formula is C15H17NO3. The molecule has 0 spiro atoms. The van der Waals surface area contributed by atoms with Crippen LogP contribution < -0.4 is 5.73 Å².